The molecule has 4 rings (SSSR count). The van der Waals surface area contributed by atoms with Crippen LogP contribution < -0.4 is 10.2 Å². The number of nitrogens with one attached hydrogen (secondary N) is 1. The fraction of sp³-hybridized carbons (Fsp3) is 0.348. The van der Waals surface area contributed by atoms with Crippen LogP contribution in [0.4, 0.5) is 16.2 Å². The van der Waals surface area contributed by atoms with E-state index in [1.54, 1.807) is 23.1 Å². The third-order valence-corrected chi connectivity index (χ3v) is 5.83. The zero-order valence-electron chi connectivity index (χ0n) is 17.3. The summed E-state index contributed by atoms with van der Waals surface area (Å²) in [7, 11) is 0. The van der Waals surface area contributed by atoms with E-state index >= 15 is 0 Å². The monoisotopic (exact) mass is 423 g/mol. The molecule has 0 aromatic heterocycles. The molecule has 0 spiro atoms. The van der Waals surface area contributed by atoms with Crippen molar-refractivity contribution in [3.63, 3.8) is 0 Å². The van der Waals surface area contributed by atoms with E-state index < -0.39 is 5.97 Å². The number of hydrogen-bond acceptors (Lipinski definition) is 5. The summed E-state index contributed by atoms with van der Waals surface area (Å²) in [6, 6.07) is 12.3. The lowest BCUT2D eigenvalue weighted by atomic mass is 9.99. The minimum Gasteiger partial charge on any atom is -0.478 e. The van der Waals surface area contributed by atoms with Crippen molar-refractivity contribution in [2.75, 3.05) is 29.9 Å². The third-order valence-electron chi connectivity index (χ3n) is 5.83. The number of ether oxygens (including phenoxy) is 1. The van der Waals surface area contributed by atoms with Gasteiger partial charge < -0.3 is 15.2 Å². The van der Waals surface area contributed by atoms with Crippen molar-refractivity contribution < 1.29 is 24.2 Å². The van der Waals surface area contributed by atoms with E-state index in [1.165, 1.54) is 6.07 Å². The smallest absolute Gasteiger partial charge is 0.414 e. The van der Waals surface area contributed by atoms with E-state index in [2.05, 4.69) is 5.32 Å². The second-order valence-electron chi connectivity index (χ2n) is 7.91. The number of amides is 2. The van der Waals surface area contributed by atoms with Gasteiger partial charge in [-0.2, -0.15) is 0 Å². The van der Waals surface area contributed by atoms with Gasteiger partial charge in [0.15, 0.2) is 0 Å². The van der Waals surface area contributed by atoms with Gasteiger partial charge in [-0.05, 0) is 37.5 Å². The topological polar surface area (TPSA) is 99.2 Å². The van der Waals surface area contributed by atoms with Gasteiger partial charge in [0.25, 0.3) is 0 Å². The number of carboxylic acid groups (broad SMARTS) is 1. The molecule has 2 N–H and O–H groups in total. The maximum absolute atomic E-state index is 12.5. The predicted octanol–water partition coefficient (Wildman–Crippen LogP) is 3.25. The summed E-state index contributed by atoms with van der Waals surface area (Å²) in [5, 5.41) is 12.0. The normalized spacial score (nSPS) is 17.1. The summed E-state index contributed by atoms with van der Waals surface area (Å²) in [5.74, 6) is -1.34. The van der Waals surface area contributed by atoms with Gasteiger partial charge >= 0.3 is 12.1 Å². The Bertz CT molecular complexity index is 1010. The van der Waals surface area contributed by atoms with E-state index in [0.29, 0.717) is 19.7 Å². The number of rotatable bonds is 5. The van der Waals surface area contributed by atoms with Gasteiger partial charge in [-0.15, -0.1) is 0 Å². The Balaban J connectivity index is 1.37. The molecule has 0 radical (unpaired) electrons. The number of hydrogen-bond donors (Lipinski definition) is 2. The van der Waals surface area contributed by atoms with Crippen LogP contribution in [0, 0.1) is 6.92 Å². The Hall–Kier alpha value is -3.39. The number of carbonyl (C=O) groups excluding carboxylic acids is 2. The molecule has 8 nitrogen and oxygen atoms in total. The lowest BCUT2D eigenvalue weighted by molar-refractivity contribution is -0.117. The number of benzene rings is 2. The lowest BCUT2D eigenvalue weighted by Crippen LogP contribution is -2.50. The molecular formula is C23H25N3O5. The number of likely N-dealkylation sites (tertiary alicyclic amines) is 1. The van der Waals surface area contributed by atoms with Crippen LogP contribution in [0.15, 0.2) is 42.5 Å². The maximum Gasteiger partial charge on any atom is 0.414 e. The number of piperidine rings is 1. The first-order valence-electron chi connectivity index (χ1n) is 10.3. The Morgan fingerprint density at radius 1 is 1.13 bits per heavy atom. The largest absolute Gasteiger partial charge is 0.478 e. The fourth-order valence-corrected chi connectivity index (χ4v) is 4.32. The summed E-state index contributed by atoms with van der Waals surface area (Å²) in [4.78, 5) is 40.1. The van der Waals surface area contributed by atoms with Crippen LogP contribution in [-0.2, 0) is 16.1 Å². The van der Waals surface area contributed by atoms with Crippen LogP contribution >= 0.6 is 0 Å². The molecule has 1 fully saturated rings. The number of carboxylic acids is 1. The van der Waals surface area contributed by atoms with Gasteiger partial charge in [-0.25, -0.2) is 9.59 Å². The summed E-state index contributed by atoms with van der Waals surface area (Å²) >= 11 is 0. The molecule has 2 aliphatic heterocycles. The SMILES string of the molecule is Cc1cccc2c1N(C1CCN(CC(=O)Nc3ccccc3C(=O)O)CC1)C(=O)OC2. The van der Waals surface area contributed by atoms with E-state index in [0.717, 1.165) is 29.7 Å². The van der Waals surface area contributed by atoms with E-state index in [9.17, 15) is 19.5 Å². The van der Waals surface area contributed by atoms with Crippen molar-refractivity contribution in [1.29, 1.82) is 0 Å². The van der Waals surface area contributed by atoms with Crippen molar-refractivity contribution in [3.05, 3.63) is 59.2 Å². The molecule has 2 heterocycles. The van der Waals surface area contributed by atoms with Gasteiger partial charge in [-0.3, -0.25) is 14.6 Å². The molecule has 2 aromatic carbocycles. The molecule has 31 heavy (non-hydrogen) atoms. The first-order chi connectivity index (χ1) is 14.9. The molecule has 2 aromatic rings. The highest BCUT2D eigenvalue weighted by molar-refractivity contribution is 6.01. The second-order valence-corrected chi connectivity index (χ2v) is 7.91. The van der Waals surface area contributed by atoms with Crippen molar-refractivity contribution >= 4 is 29.3 Å². The number of fused-ring (bicyclic) bond motifs is 1. The Morgan fingerprint density at radius 2 is 1.87 bits per heavy atom. The predicted molar refractivity (Wildman–Crippen MR) is 115 cm³/mol. The summed E-state index contributed by atoms with van der Waals surface area (Å²) in [6.07, 6.45) is 1.13. The second kappa shape index (κ2) is 8.77. The Labute approximate surface area is 180 Å². The summed E-state index contributed by atoms with van der Waals surface area (Å²) in [6.45, 7) is 3.77. The average molecular weight is 423 g/mol. The Morgan fingerprint density at radius 3 is 2.61 bits per heavy atom. The fourth-order valence-electron chi connectivity index (χ4n) is 4.32. The van der Waals surface area contributed by atoms with E-state index in [4.69, 9.17) is 4.74 Å². The minimum atomic E-state index is -1.08. The summed E-state index contributed by atoms with van der Waals surface area (Å²) in [5.41, 5.74) is 3.36. The van der Waals surface area contributed by atoms with Gasteiger partial charge in [0, 0.05) is 24.7 Å². The number of para-hydroxylation sites is 2. The molecule has 2 amide bonds. The molecule has 0 aliphatic carbocycles. The van der Waals surface area contributed by atoms with Crippen LogP contribution in [0.2, 0.25) is 0 Å². The van der Waals surface area contributed by atoms with Crippen molar-refractivity contribution in [1.82, 2.24) is 4.90 Å². The van der Waals surface area contributed by atoms with Crippen LogP contribution in [0.5, 0.6) is 0 Å². The Kier molecular flexibility index (Phi) is 5.90. The van der Waals surface area contributed by atoms with Gasteiger partial charge in [0.2, 0.25) is 5.91 Å². The average Bonchev–Trinajstić information content (AvgIpc) is 2.75. The number of anilines is 2. The standard InChI is InChI=1S/C23H25N3O5/c1-15-5-4-6-16-14-31-23(30)26(21(15)16)17-9-11-25(12-10-17)13-20(27)24-19-8-3-2-7-18(19)22(28)29/h2-8,17H,9-14H2,1H3,(H,24,27)(H,28,29). The first-order valence-corrected chi connectivity index (χ1v) is 10.3. The molecule has 0 saturated carbocycles. The molecule has 0 bridgehead atoms. The van der Waals surface area contributed by atoms with Gasteiger partial charge in [-0.1, -0.05) is 30.3 Å². The quantitative estimate of drug-likeness (QED) is 0.766. The molecule has 0 atom stereocenters. The maximum atomic E-state index is 12.5. The zero-order valence-corrected chi connectivity index (χ0v) is 17.3. The molecule has 0 unspecified atom stereocenters. The lowest BCUT2D eigenvalue weighted by Gasteiger charge is -2.40. The third kappa shape index (κ3) is 4.39. The van der Waals surface area contributed by atoms with E-state index in [1.807, 2.05) is 30.0 Å². The van der Waals surface area contributed by atoms with Gasteiger partial charge in [0.1, 0.15) is 6.61 Å². The van der Waals surface area contributed by atoms with Crippen LogP contribution in [0.1, 0.15) is 34.3 Å². The van der Waals surface area contributed by atoms with Gasteiger partial charge in [0.05, 0.1) is 23.5 Å². The van der Waals surface area contributed by atoms with Crippen molar-refractivity contribution in [2.45, 2.75) is 32.4 Å². The number of cyclic esters (lactones) is 1. The highest BCUT2D eigenvalue weighted by Crippen LogP contribution is 2.34. The number of nitrogens with zero attached hydrogens (tertiary/aromatic N) is 2. The molecule has 8 heteroatoms. The summed E-state index contributed by atoms with van der Waals surface area (Å²) < 4.78 is 5.37. The van der Waals surface area contributed by atoms with Crippen LogP contribution in [-0.4, -0.2) is 53.7 Å². The number of carbonyl (C=O) groups is 3. The van der Waals surface area contributed by atoms with Crippen molar-refractivity contribution in [3.8, 4) is 0 Å². The van der Waals surface area contributed by atoms with Crippen LogP contribution in [0.3, 0.4) is 0 Å². The van der Waals surface area contributed by atoms with Crippen molar-refractivity contribution in [2.24, 2.45) is 0 Å². The van der Waals surface area contributed by atoms with E-state index in [-0.39, 0.29) is 35.8 Å². The molecule has 2 aliphatic rings. The first kappa shape index (κ1) is 20.9. The molecule has 162 valence electrons. The molecular weight excluding hydrogens is 398 g/mol. The number of aromatic carboxylic acids is 1. The zero-order chi connectivity index (χ0) is 22.0. The number of aryl methyl sites for hydroxylation is 1. The minimum absolute atomic E-state index is 0.0136. The van der Waals surface area contributed by atoms with Crippen LogP contribution in [0.25, 0.3) is 0 Å². The highest BCUT2D eigenvalue weighted by Gasteiger charge is 2.35. The highest BCUT2D eigenvalue weighted by atomic mass is 16.6. The molecule has 1 saturated heterocycles.